The fraction of sp³-hybridized carbons (Fsp3) is 0.217. The van der Waals surface area contributed by atoms with Crippen molar-refractivity contribution < 1.29 is 23.9 Å². The third-order valence-electron chi connectivity index (χ3n) is 4.60. The number of hydrogen-bond acceptors (Lipinski definition) is 5. The molecular weight excluding hydrogens is 398 g/mol. The number of carbonyl (C=O) groups is 4. The molecule has 160 valence electrons. The molecular formula is C23H23N3O5. The molecule has 3 rings (SSSR count). The predicted molar refractivity (Wildman–Crippen MR) is 117 cm³/mol. The highest BCUT2D eigenvalue weighted by atomic mass is 16.5. The van der Waals surface area contributed by atoms with Crippen LogP contribution in [0.3, 0.4) is 0 Å². The molecule has 0 aliphatic carbocycles. The molecule has 31 heavy (non-hydrogen) atoms. The quantitative estimate of drug-likeness (QED) is 0.413. The maximum absolute atomic E-state index is 13.0. The van der Waals surface area contributed by atoms with E-state index < -0.39 is 12.1 Å². The first-order chi connectivity index (χ1) is 14.7. The van der Waals surface area contributed by atoms with E-state index in [1.807, 2.05) is 24.3 Å². The minimum Gasteiger partial charge on any atom is -0.451 e. The summed E-state index contributed by atoms with van der Waals surface area (Å²) in [5.41, 5.74) is 2.71. The van der Waals surface area contributed by atoms with Gasteiger partial charge in [0, 0.05) is 47.4 Å². The molecule has 2 amide bonds. The summed E-state index contributed by atoms with van der Waals surface area (Å²) >= 11 is 0. The number of rotatable bonds is 6. The van der Waals surface area contributed by atoms with E-state index in [-0.39, 0.29) is 23.2 Å². The lowest BCUT2D eigenvalue weighted by Gasteiger charge is -2.14. The van der Waals surface area contributed by atoms with E-state index in [1.54, 1.807) is 6.92 Å². The Labute approximate surface area is 179 Å². The van der Waals surface area contributed by atoms with Gasteiger partial charge in [-0.1, -0.05) is 18.2 Å². The number of esters is 1. The number of Topliss-reactive ketones (excluding diaryl/α,β-unsaturated/α-hetero) is 1. The Hall–Kier alpha value is -3.94. The van der Waals surface area contributed by atoms with Crippen molar-refractivity contribution in [1.82, 2.24) is 4.98 Å². The number of amides is 2. The summed E-state index contributed by atoms with van der Waals surface area (Å²) in [5.74, 6) is -1.75. The lowest BCUT2D eigenvalue weighted by Crippen LogP contribution is -2.25. The van der Waals surface area contributed by atoms with Crippen LogP contribution in [0.4, 0.5) is 11.4 Å². The molecule has 1 aromatic heterocycles. The Bertz CT molecular complexity index is 1160. The van der Waals surface area contributed by atoms with E-state index in [0.29, 0.717) is 22.6 Å². The van der Waals surface area contributed by atoms with Gasteiger partial charge in [0.25, 0.3) is 0 Å². The summed E-state index contributed by atoms with van der Waals surface area (Å²) < 4.78 is 5.42. The molecule has 1 heterocycles. The van der Waals surface area contributed by atoms with E-state index in [2.05, 4.69) is 15.6 Å². The minimum atomic E-state index is -1.04. The van der Waals surface area contributed by atoms with Gasteiger partial charge in [-0.25, -0.2) is 4.79 Å². The maximum Gasteiger partial charge on any atom is 0.338 e. The molecule has 1 atom stereocenters. The fourth-order valence-electron chi connectivity index (χ4n) is 3.38. The number of anilines is 2. The van der Waals surface area contributed by atoms with Crippen molar-refractivity contribution in [3.8, 4) is 0 Å². The molecule has 0 unspecified atom stereocenters. The summed E-state index contributed by atoms with van der Waals surface area (Å²) in [7, 11) is 0. The highest BCUT2D eigenvalue weighted by molar-refractivity contribution is 6.12. The average molecular weight is 421 g/mol. The van der Waals surface area contributed by atoms with Crippen LogP contribution in [0.2, 0.25) is 0 Å². The number of H-pyrrole nitrogens is 1. The zero-order chi connectivity index (χ0) is 22.7. The Morgan fingerprint density at radius 2 is 1.52 bits per heavy atom. The number of nitrogens with one attached hydrogen (secondary N) is 3. The zero-order valence-corrected chi connectivity index (χ0v) is 17.7. The first-order valence-electron chi connectivity index (χ1n) is 9.68. The molecule has 0 fully saturated rings. The molecule has 8 nitrogen and oxygen atoms in total. The molecule has 3 aromatic rings. The number of ether oxygens (including phenoxy) is 1. The van der Waals surface area contributed by atoms with Crippen molar-refractivity contribution in [2.24, 2.45) is 0 Å². The van der Waals surface area contributed by atoms with Crippen LogP contribution < -0.4 is 10.6 Å². The van der Waals surface area contributed by atoms with Gasteiger partial charge in [0.05, 0.1) is 5.56 Å². The van der Waals surface area contributed by atoms with Crippen LogP contribution in [0.25, 0.3) is 10.9 Å². The Morgan fingerprint density at radius 1 is 0.935 bits per heavy atom. The number of aryl methyl sites for hydroxylation is 1. The van der Waals surface area contributed by atoms with Crippen molar-refractivity contribution in [2.75, 3.05) is 10.6 Å². The van der Waals surface area contributed by atoms with Crippen LogP contribution >= 0.6 is 0 Å². The number of aromatic nitrogens is 1. The van der Waals surface area contributed by atoms with Gasteiger partial charge in [-0.05, 0) is 38.1 Å². The summed E-state index contributed by atoms with van der Waals surface area (Å²) in [6, 6.07) is 11.8. The van der Waals surface area contributed by atoms with Gasteiger partial charge in [-0.15, -0.1) is 0 Å². The van der Waals surface area contributed by atoms with Crippen molar-refractivity contribution >= 4 is 45.8 Å². The molecule has 3 N–H and O–H groups in total. The van der Waals surface area contributed by atoms with Gasteiger partial charge in [0.1, 0.15) is 0 Å². The van der Waals surface area contributed by atoms with Crippen molar-refractivity contribution in [2.45, 2.75) is 33.8 Å². The highest BCUT2D eigenvalue weighted by Gasteiger charge is 2.25. The van der Waals surface area contributed by atoms with Crippen LogP contribution in [0.15, 0.2) is 42.5 Å². The number of ketones is 1. The third kappa shape index (κ3) is 4.98. The Kier molecular flexibility index (Phi) is 6.20. The monoisotopic (exact) mass is 421 g/mol. The standard InChI is InChI=1S/C23H23N3O5/c1-12-21(19-7-5-6-8-20(19)24-12)22(29)13(2)31-23(30)16-9-17(25-14(3)27)11-18(10-16)26-15(4)28/h5-11,13,24H,1-4H3,(H,25,27)(H,26,28)/t13-/m0/s1. The molecule has 0 bridgehead atoms. The number of fused-ring (bicyclic) bond motifs is 1. The normalized spacial score (nSPS) is 11.6. The van der Waals surface area contributed by atoms with Crippen LogP contribution in [-0.4, -0.2) is 34.7 Å². The van der Waals surface area contributed by atoms with E-state index in [4.69, 9.17) is 4.74 Å². The SMILES string of the molecule is CC(=O)Nc1cc(NC(C)=O)cc(C(=O)O[C@@H](C)C(=O)c2c(C)[nH]c3ccccc23)c1. The summed E-state index contributed by atoms with van der Waals surface area (Å²) in [6.07, 6.45) is -1.04. The molecule has 2 aromatic carbocycles. The molecule has 0 saturated carbocycles. The van der Waals surface area contributed by atoms with E-state index in [1.165, 1.54) is 39.0 Å². The maximum atomic E-state index is 13.0. The molecule has 8 heteroatoms. The van der Waals surface area contributed by atoms with Crippen molar-refractivity contribution in [1.29, 1.82) is 0 Å². The predicted octanol–water partition coefficient (Wildman–Crippen LogP) is 3.82. The number of para-hydroxylation sites is 1. The smallest absolute Gasteiger partial charge is 0.338 e. The van der Waals surface area contributed by atoms with E-state index >= 15 is 0 Å². The third-order valence-corrected chi connectivity index (χ3v) is 4.60. The molecule has 0 saturated heterocycles. The summed E-state index contributed by atoms with van der Waals surface area (Å²) in [6.45, 7) is 5.95. The van der Waals surface area contributed by atoms with Gasteiger partial charge in [-0.2, -0.15) is 0 Å². The highest BCUT2D eigenvalue weighted by Crippen LogP contribution is 2.25. The van der Waals surface area contributed by atoms with Gasteiger partial charge in [0.2, 0.25) is 17.6 Å². The van der Waals surface area contributed by atoms with Gasteiger partial charge in [-0.3, -0.25) is 14.4 Å². The first kappa shape index (κ1) is 21.8. The summed E-state index contributed by atoms with van der Waals surface area (Å²) in [4.78, 5) is 51.7. The topological polar surface area (TPSA) is 117 Å². The van der Waals surface area contributed by atoms with Crippen LogP contribution in [0.5, 0.6) is 0 Å². The van der Waals surface area contributed by atoms with Gasteiger partial charge < -0.3 is 20.4 Å². The van der Waals surface area contributed by atoms with Crippen molar-refractivity contribution in [3.63, 3.8) is 0 Å². The largest absolute Gasteiger partial charge is 0.451 e. The molecule has 0 radical (unpaired) electrons. The molecule has 0 aliphatic rings. The second-order valence-electron chi connectivity index (χ2n) is 7.24. The number of aromatic amines is 1. The molecule has 0 spiro atoms. The average Bonchev–Trinajstić information content (AvgIpc) is 3.01. The lowest BCUT2D eigenvalue weighted by molar-refractivity contribution is -0.115. The van der Waals surface area contributed by atoms with Crippen LogP contribution in [-0.2, 0) is 14.3 Å². The van der Waals surface area contributed by atoms with Crippen molar-refractivity contribution in [3.05, 3.63) is 59.3 Å². The lowest BCUT2D eigenvalue weighted by atomic mass is 10.0. The Balaban J connectivity index is 1.85. The zero-order valence-electron chi connectivity index (χ0n) is 17.7. The van der Waals surface area contributed by atoms with Gasteiger partial charge >= 0.3 is 5.97 Å². The second-order valence-corrected chi connectivity index (χ2v) is 7.24. The summed E-state index contributed by atoms with van der Waals surface area (Å²) in [5, 5.41) is 5.90. The first-order valence-corrected chi connectivity index (χ1v) is 9.68. The Morgan fingerprint density at radius 3 is 2.10 bits per heavy atom. The van der Waals surface area contributed by atoms with Crippen LogP contribution in [0, 0.1) is 6.92 Å². The minimum absolute atomic E-state index is 0.0882. The number of carbonyl (C=O) groups excluding carboxylic acids is 4. The van der Waals surface area contributed by atoms with Crippen LogP contribution in [0.1, 0.15) is 47.2 Å². The van der Waals surface area contributed by atoms with Gasteiger partial charge in [0.15, 0.2) is 6.10 Å². The second kappa shape index (κ2) is 8.83. The molecule has 0 aliphatic heterocycles. The number of hydrogen-bond donors (Lipinski definition) is 3. The van der Waals surface area contributed by atoms with E-state index in [9.17, 15) is 19.2 Å². The number of benzene rings is 2. The fourth-order valence-corrected chi connectivity index (χ4v) is 3.38. The van der Waals surface area contributed by atoms with E-state index in [0.717, 1.165) is 10.9 Å².